The van der Waals surface area contributed by atoms with Crippen molar-refractivity contribution in [1.29, 1.82) is 0 Å². The van der Waals surface area contributed by atoms with Crippen molar-refractivity contribution in [2.24, 2.45) is 0 Å². The number of nitrogens with one attached hydrogen (secondary N) is 2. The minimum atomic E-state index is -0.895. The van der Waals surface area contributed by atoms with Crippen molar-refractivity contribution in [3.63, 3.8) is 0 Å². The minimum absolute atomic E-state index is 0.0368. The summed E-state index contributed by atoms with van der Waals surface area (Å²) in [6, 6.07) is 13.4. The van der Waals surface area contributed by atoms with Crippen LogP contribution in [-0.2, 0) is 14.4 Å². The summed E-state index contributed by atoms with van der Waals surface area (Å²) in [7, 11) is 0. The Hall–Kier alpha value is -3.96. The Bertz CT molecular complexity index is 1480. The van der Waals surface area contributed by atoms with Crippen LogP contribution in [-0.4, -0.2) is 35.5 Å². The van der Waals surface area contributed by atoms with Crippen LogP contribution in [0.4, 0.5) is 16.2 Å². The van der Waals surface area contributed by atoms with E-state index in [9.17, 15) is 24.3 Å². The lowest BCUT2D eigenvalue weighted by molar-refractivity contribution is -0.122. The summed E-state index contributed by atoms with van der Waals surface area (Å²) in [4.78, 5) is 51.2. The van der Waals surface area contributed by atoms with Gasteiger partial charge in [-0.05, 0) is 111 Å². The van der Waals surface area contributed by atoms with Gasteiger partial charge in [0, 0.05) is 5.69 Å². The molecule has 3 aromatic carbocycles. The molecule has 5 amide bonds. The molecule has 3 N–H and O–H groups in total. The molecule has 1 fully saturated rings. The van der Waals surface area contributed by atoms with Gasteiger partial charge in [-0.2, -0.15) is 0 Å². The molecule has 1 heterocycles. The molecular weight excluding hydrogens is 622 g/mol. The van der Waals surface area contributed by atoms with Gasteiger partial charge in [-0.1, -0.05) is 12.1 Å². The van der Waals surface area contributed by atoms with E-state index in [1.165, 1.54) is 30.3 Å². The van der Waals surface area contributed by atoms with Crippen molar-refractivity contribution < 1.29 is 29.0 Å². The lowest BCUT2D eigenvalue weighted by Gasteiger charge is -2.26. The summed E-state index contributed by atoms with van der Waals surface area (Å²) in [6.07, 6.45) is 1.34. The molecule has 11 heteroatoms. The number of rotatable bonds is 6. The fraction of sp³-hybridized carbons (Fsp3) is 0.111. The number of amides is 5. The largest absolute Gasteiger partial charge is 0.508 e. The number of carbonyl (C=O) groups is 4. The molecule has 9 nitrogen and oxygen atoms in total. The third kappa shape index (κ3) is 5.79. The summed E-state index contributed by atoms with van der Waals surface area (Å²) in [5.41, 5.74) is 3.10. The molecule has 0 atom stereocenters. The van der Waals surface area contributed by atoms with Crippen molar-refractivity contribution >= 4 is 73.1 Å². The average molecular weight is 643 g/mol. The molecule has 1 saturated heterocycles. The quantitative estimate of drug-likeness (QED) is 0.250. The van der Waals surface area contributed by atoms with Crippen LogP contribution in [0.2, 0.25) is 0 Å². The van der Waals surface area contributed by atoms with Crippen LogP contribution in [0.15, 0.2) is 69.1 Å². The zero-order chi connectivity index (χ0) is 27.6. The number of phenols is 1. The first-order chi connectivity index (χ1) is 18.0. The van der Waals surface area contributed by atoms with Crippen LogP contribution >= 0.6 is 31.9 Å². The molecule has 4 rings (SSSR count). The summed E-state index contributed by atoms with van der Waals surface area (Å²) >= 11 is 6.81. The maximum absolute atomic E-state index is 13.1. The third-order valence-corrected chi connectivity index (χ3v) is 6.95. The maximum Gasteiger partial charge on any atom is 0.335 e. The number of aryl methyl sites for hydroxylation is 1. The SMILES string of the molecule is Cc1cccc(NC(=O)COc2c(Br)cc(/C=C3/C(=O)NC(=O)N(c4ccc(O)cc4)C3=O)cc2Br)c1C. The Kier molecular flexibility index (Phi) is 7.98. The number of aromatic hydroxyl groups is 1. The molecule has 0 bridgehead atoms. The molecular formula is C27H21Br2N3O6. The Labute approximate surface area is 234 Å². The van der Waals surface area contributed by atoms with Crippen molar-refractivity contribution in [3.05, 3.63) is 85.8 Å². The number of ether oxygens (including phenoxy) is 1. The zero-order valence-corrected chi connectivity index (χ0v) is 23.3. The van der Waals surface area contributed by atoms with Crippen molar-refractivity contribution in [2.75, 3.05) is 16.8 Å². The van der Waals surface area contributed by atoms with Crippen LogP contribution in [0.3, 0.4) is 0 Å². The molecule has 3 aromatic rings. The highest BCUT2D eigenvalue weighted by Gasteiger charge is 2.36. The molecule has 0 radical (unpaired) electrons. The number of halogens is 2. The van der Waals surface area contributed by atoms with Gasteiger partial charge < -0.3 is 15.2 Å². The Balaban J connectivity index is 1.52. The van der Waals surface area contributed by atoms with Crippen LogP contribution in [0.25, 0.3) is 6.08 Å². The summed E-state index contributed by atoms with van der Waals surface area (Å²) in [6.45, 7) is 3.62. The summed E-state index contributed by atoms with van der Waals surface area (Å²) in [5.74, 6) is -1.69. The van der Waals surface area contributed by atoms with Gasteiger partial charge in [0.2, 0.25) is 0 Å². The highest BCUT2D eigenvalue weighted by Crippen LogP contribution is 2.36. The lowest BCUT2D eigenvalue weighted by atomic mass is 10.1. The first kappa shape index (κ1) is 27.1. The second-order valence-electron chi connectivity index (χ2n) is 8.37. The van der Waals surface area contributed by atoms with Crippen LogP contribution in [0, 0.1) is 13.8 Å². The number of carbonyl (C=O) groups excluding carboxylic acids is 4. The van der Waals surface area contributed by atoms with Gasteiger partial charge in [0.05, 0.1) is 14.6 Å². The Morgan fingerprint density at radius 3 is 2.37 bits per heavy atom. The zero-order valence-electron chi connectivity index (χ0n) is 20.2. The normalized spacial score (nSPS) is 14.5. The second-order valence-corrected chi connectivity index (χ2v) is 10.1. The molecule has 194 valence electrons. The minimum Gasteiger partial charge on any atom is -0.508 e. The van der Waals surface area contributed by atoms with Crippen molar-refractivity contribution in [1.82, 2.24) is 5.32 Å². The van der Waals surface area contributed by atoms with E-state index >= 15 is 0 Å². The topological polar surface area (TPSA) is 125 Å². The van der Waals surface area contributed by atoms with E-state index < -0.39 is 17.8 Å². The fourth-order valence-corrected chi connectivity index (χ4v) is 5.12. The van der Waals surface area contributed by atoms with E-state index in [4.69, 9.17) is 4.74 Å². The first-order valence-corrected chi connectivity index (χ1v) is 12.8. The number of barbiturate groups is 1. The van der Waals surface area contributed by atoms with E-state index in [1.54, 1.807) is 12.1 Å². The summed E-state index contributed by atoms with van der Waals surface area (Å²) in [5, 5.41) is 14.5. The van der Waals surface area contributed by atoms with Gasteiger partial charge >= 0.3 is 6.03 Å². The van der Waals surface area contributed by atoms with E-state index in [-0.39, 0.29) is 29.5 Å². The monoisotopic (exact) mass is 641 g/mol. The smallest absolute Gasteiger partial charge is 0.335 e. The third-order valence-electron chi connectivity index (χ3n) is 5.77. The molecule has 0 unspecified atom stereocenters. The van der Waals surface area contributed by atoms with Gasteiger partial charge in [-0.25, -0.2) is 9.69 Å². The van der Waals surface area contributed by atoms with E-state index in [1.807, 2.05) is 32.0 Å². The Morgan fingerprint density at radius 1 is 1.05 bits per heavy atom. The van der Waals surface area contributed by atoms with Crippen molar-refractivity contribution in [2.45, 2.75) is 13.8 Å². The number of urea groups is 1. The highest BCUT2D eigenvalue weighted by molar-refractivity contribution is 9.11. The van der Waals surface area contributed by atoms with E-state index in [2.05, 4.69) is 42.5 Å². The lowest BCUT2D eigenvalue weighted by Crippen LogP contribution is -2.54. The molecule has 1 aliphatic rings. The molecule has 38 heavy (non-hydrogen) atoms. The molecule has 0 aliphatic carbocycles. The van der Waals surface area contributed by atoms with E-state index in [0.29, 0.717) is 25.9 Å². The molecule has 0 aromatic heterocycles. The number of imide groups is 2. The van der Waals surface area contributed by atoms with Gasteiger partial charge in [-0.3, -0.25) is 19.7 Å². The van der Waals surface area contributed by atoms with Crippen LogP contribution < -0.4 is 20.3 Å². The number of hydrogen-bond donors (Lipinski definition) is 3. The van der Waals surface area contributed by atoms with Crippen LogP contribution in [0.1, 0.15) is 16.7 Å². The molecule has 0 saturated carbocycles. The number of phenolic OH excluding ortho intramolecular Hbond substituents is 1. The molecule has 0 spiro atoms. The van der Waals surface area contributed by atoms with Gasteiger partial charge in [0.15, 0.2) is 6.61 Å². The second kappa shape index (κ2) is 11.2. The maximum atomic E-state index is 13.1. The number of hydrogen-bond acceptors (Lipinski definition) is 6. The van der Waals surface area contributed by atoms with Gasteiger partial charge in [-0.15, -0.1) is 0 Å². The predicted octanol–water partition coefficient (Wildman–Crippen LogP) is 5.22. The number of benzene rings is 3. The van der Waals surface area contributed by atoms with Gasteiger partial charge in [0.25, 0.3) is 17.7 Å². The van der Waals surface area contributed by atoms with Crippen molar-refractivity contribution in [3.8, 4) is 11.5 Å². The Morgan fingerprint density at radius 2 is 1.71 bits per heavy atom. The fourth-order valence-electron chi connectivity index (χ4n) is 3.67. The van der Waals surface area contributed by atoms with Gasteiger partial charge in [0.1, 0.15) is 17.1 Å². The number of nitrogens with zero attached hydrogens (tertiary/aromatic N) is 1. The van der Waals surface area contributed by atoms with Crippen LogP contribution in [0.5, 0.6) is 11.5 Å². The average Bonchev–Trinajstić information content (AvgIpc) is 2.85. The molecule has 1 aliphatic heterocycles. The first-order valence-electron chi connectivity index (χ1n) is 11.2. The standard InChI is InChI=1S/C27H21Br2N3O6/c1-14-4-3-5-22(15(14)2)30-23(34)13-38-24-20(28)11-16(12-21(24)29)10-19-25(35)31-27(37)32(26(19)36)17-6-8-18(33)9-7-17/h3-12,33H,13H2,1-2H3,(H,30,34)(H,31,35,37)/b19-10-. The predicted molar refractivity (Wildman–Crippen MR) is 149 cm³/mol. The number of anilines is 2. The van der Waals surface area contributed by atoms with E-state index in [0.717, 1.165) is 16.0 Å². The highest BCUT2D eigenvalue weighted by atomic mass is 79.9. The summed E-state index contributed by atoms with van der Waals surface area (Å²) < 4.78 is 6.64.